The average molecular weight is 283 g/mol. The first kappa shape index (κ1) is 13.0. The second-order valence-corrected chi connectivity index (χ2v) is 6.38. The fourth-order valence-corrected chi connectivity index (χ4v) is 3.96. The third kappa shape index (κ3) is 2.27. The minimum atomic E-state index is 0.123. The third-order valence-electron chi connectivity index (χ3n) is 5.16. The van der Waals surface area contributed by atoms with Gasteiger partial charge in [0.15, 0.2) is 5.82 Å². The van der Waals surface area contributed by atoms with Crippen molar-refractivity contribution < 1.29 is 4.52 Å². The first-order valence-electron chi connectivity index (χ1n) is 7.94. The van der Waals surface area contributed by atoms with Crippen LogP contribution in [-0.2, 0) is 18.3 Å². The summed E-state index contributed by atoms with van der Waals surface area (Å²) in [5, 5.41) is 7.72. The number of nitrogens with zero attached hydrogens (tertiary/aromatic N) is 2. The van der Waals surface area contributed by atoms with Crippen molar-refractivity contribution >= 4 is 0 Å². The maximum Gasteiger partial charge on any atom is 0.234 e. The van der Waals surface area contributed by atoms with E-state index in [1.807, 2.05) is 6.07 Å². The van der Waals surface area contributed by atoms with Gasteiger partial charge in [0.2, 0.25) is 5.89 Å². The van der Waals surface area contributed by atoms with E-state index in [1.165, 1.54) is 24.8 Å². The van der Waals surface area contributed by atoms with E-state index in [1.54, 1.807) is 0 Å². The van der Waals surface area contributed by atoms with Gasteiger partial charge in [0.1, 0.15) is 0 Å². The minimum Gasteiger partial charge on any atom is -0.339 e. The maximum atomic E-state index is 5.64. The van der Waals surface area contributed by atoms with Crippen molar-refractivity contribution in [3.05, 3.63) is 47.6 Å². The van der Waals surface area contributed by atoms with Gasteiger partial charge in [0, 0.05) is 13.0 Å². The summed E-state index contributed by atoms with van der Waals surface area (Å²) in [4.78, 5) is 4.72. The summed E-state index contributed by atoms with van der Waals surface area (Å²) in [6.07, 6.45) is 5.57. The Balaban J connectivity index is 1.48. The zero-order chi connectivity index (χ0) is 14.1. The Labute approximate surface area is 124 Å². The molecule has 21 heavy (non-hydrogen) atoms. The number of benzene rings is 1. The van der Waals surface area contributed by atoms with E-state index in [-0.39, 0.29) is 5.41 Å². The van der Waals surface area contributed by atoms with Gasteiger partial charge < -0.3 is 9.84 Å². The monoisotopic (exact) mass is 283 g/mol. The molecule has 2 fully saturated rings. The van der Waals surface area contributed by atoms with Crippen LogP contribution in [0.4, 0.5) is 0 Å². The molecule has 1 aromatic carbocycles. The highest BCUT2D eigenvalue weighted by atomic mass is 16.5. The Morgan fingerprint density at radius 3 is 3.05 bits per heavy atom. The van der Waals surface area contributed by atoms with Gasteiger partial charge in [-0.3, -0.25) is 0 Å². The molecule has 1 N–H and O–H groups in total. The summed E-state index contributed by atoms with van der Waals surface area (Å²) in [5.74, 6) is 2.40. The lowest BCUT2D eigenvalue weighted by Gasteiger charge is -2.22. The van der Waals surface area contributed by atoms with Crippen LogP contribution in [0.3, 0.4) is 0 Å². The largest absolute Gasteiger partial charge is 0.339 e. The number of nitrogens with one attached hydrogen (secondary N) is 1. The number of aromatic nitrogens is 2. The van der Waals surface area contributed by atoms with Crippen LogP contribution in [0.25, 0.3) is 0 Å². The normalized spacial score (nSPS) is 27.9. The maximum absolute atomic E-state index is 5.64. The highest BCUT2D eigenvalue weighted by Gasteiger charge is 2.51. The molecule has 1 saturated carbocycles. The zero-order valence-corrected chi connectivity index (χ0v) is 12.2. The van der Waals surface area contributed by atoms with Crippen LogP contribution in [0, 0.1) is 5.92 Å². The summed E-state index contributed by atoms with van der Waals surface area (Å²) >= 11 is 0. The van der Waals surface area contributed by atoms with Crippen molar-refractivity contribution in [1.29, 1.82) is 0 Å². The summed E-state index contributed by atoms with van der Waals surface area (Å²) in [5.41, 5.74) is 1.45. The molecule has 0 unspecified atom stereocenters. The lowest BCUT2D eigenvalue weighted by Crippen LogP contribution is -2.31. The first-order valence-corrected chi connectivity index (χ1v) is 7.94. The summed E-state index contributed by atoms with van der Waals surface area (Å²) in [6.45, 7) is 2.10. The molecule has 2 aliphatic rings. The SMILES string of the molecule is c1ccc(CCc2noc([C@@]34CCC[C@@H]3CNC4)n2)cc1. The van der Waals surface area contributed by atoms with Crippen LogP contribution in [-0.4, -0.2) is 23.2 Å². The smallest absolute Gasteiger partial charge is 0.234 e. The van der Waals surface area contributed by atoms with E-state index in [9.17, 15) is 0 Å². The molecule has 1 aliphatic carbocycles. The van der Waals surface area contributed by atoms with E-state index in [0.717, 1.165) is 37.6 Å². The molecular formula is C17H21N3O. The molecule has 0 bridgehead atoms. The van der Waals surface area contributed by atoms with Crippen molar-refractivity contribution in [3.8, 4) is 0 Å². The van der Waals surface area contributed by atoms with Gasteiger partial charge >= 0.3 is 0 Å². The Kier molecular flexibility index (Phi) is 3.26. The number of fused-ring (bicyclic) bond motifs is 1. The fraction of sp³-hybridized carbons (Fsp3) is 0.529. The van der Waals surface area contributed by atoms with Gasteiger partial charge in [-0.25, -0.2) is 0 Å². The van der Waals surface area contributed by atoms with Crippen LogP contribution in [0.2, 0.25) is 0 Å². The molecule has 4 heteroatoms. The molecule has 1 saturated heterocycles. The second-order valence-electron chi connectivity index (χ2n) is 6.38. The minimum absolute atomic E-state index is 0.123. The lowest BCUT2D eigenvalue weighted by atomic mass is 9.80. The summed E-state index contributed by atoms with van der Waals surface area (Å²) in [6, 6.07) is 10.5. The van der Waals surface area contributed by atoms with Crippen LogP contribution < -0.4 is 5.32 Å². The molecule has 4 rings (SSSR count). The molecule has 2 heterocycles. The third-order valence-corrected chi connectivity index (χ3v) is 5.16. The predicted octanol–water partition coefficient (Wildman–Crippen LogP) is 2.50. The predicted molar refractivity (Wildman–Crippen MR) is 80.0 cm³/mol. The zero-order valence-electron chi connectivity index (χ0n) is 12.2. The van der Waals surface area contributed by atoms with Gasteiger partial charge in [-0.2, -0.15) is 4.98 Å². The Bertz CT molecular complexity index is 598. The highest BCUT2D eigenvalue weighted by molar-refractivity contribution is 5.18. The molecular weight excluding hydrogens is 262 g/mol. The number of hydrogen-bond acceptors (Lipinski definition) is 4. The summed E-state index contributed by atoms with van der Waals surface area (Å²) in [7, 11) is 0. The summed E-state index contributed by atoms with van der Waals surface area (Å²) < 4.78 is 5.64. The van der Waals surface area contributed by atoms with Gasteiger partial charge in [0.05, 0.1) is 5.41 Å². The number of rotatable bonds is 4. The van der Waals surface area contributed by atoms with Crippen LogP contribution in [0.15, 0.2) is 34.9 Å². The molecule has 4 nitrogen and oxygen atoms in total. The van der Waals surface area contributed by atoms with Crippen LogP contribution in [0.5, 0.6) is 0 Å². The topological polar surface area (TPSA) is 51.0 Å². The quantitative estimate of drug-likeness (QED) is 0.936. The van der Waals surface area contributed by atoms with E-state index in [2.05, 4.69) is 34.7 Å². The first-order chi connectivity index (χ1) is 10.4. The molecule has 0 spiro atoms. The number of hydrogen-bond donors (Lipinski definition) is 1. The van der Waals surface area contributed by atoms with Crippen molar-refractivity contribution in [2.45, 2.75) is 37.5 Å². The van der Waals surface area contributed by atoms with E-state index in [0.29, 0.717) is 5.92 Å². The van der Waals surface area contributed by atoms with Gasteiger partial charge in [-0.1, -0.05) is 41.9 Å². The average Bonchev–Trinajstić information content (AvgIpc) is 3.21. The Morgan fingerprint density at radius 1 is 1.24 bits per heavy atom. The lowest BCUT2D eigenvalue weighted by molar-refractivity contribution is 0.264. The fourth-order valence-electron chi connectivity index (χ4n) is 3.96. The standard InChI is InChI=1S/C17H21N3O/c1-2-5-13(6-3-1)8-9-15-19-16(21-20-15)17-10-4-7-14(17)11-18-12-17/h1-3,5-6,14,18H,4,7-12H2/t14-,17-/m1/s1. The molecule has 0 radical (unpaired) electrons. The van der Waals surface area contributed by atoms with Crippen molar-refractivity contribution in [1.82, 2.24) is 15.5 Å². The van der Waals surface area contributed by atoms with E-state index >= 15 is 0 Å². The highest BCUT2D eigenvalue weighted by Crippen LogP contribution is 2.47. The number of aryl methyl sites for hydroxylation is 2. The van der Waals surface area contributed by atoms with Gasteiger partial charge in [-0.15, -0.1) is 0 Å². The molecule has 0 amide bonds. The molecule has 1 aromatic heterocycles. The van der Waals surface area contributed by atoms with Gasteiger partial charge in [0.25, 0.3) is 0 Å². The second kappa shape index (κ2) is 5.26. The Hall–Kier alpha value is -1.68. The molecule has 2 aromatic rings. The molecule has 1 aliphatic heterocycles. The van der Waals surface area contributed by atoms with Crippen LogP contribution in [0.1, 0.15) is 36.5 Å². The molecule has 2 atom stereocenters. The Morgan fingerprint density at radius 2 is 2.14 bits per heavy atom. The van der Waals surface area contributed by atoms with E-state index < -0.39 is 0 Å². The van der Waals surface area contributed by atoms with E-state index in [4.69, 9.17) is 9.51 Å². The van der Waals surface area contributed by atoms with Crippen molar-refractivity contribution in [2.75, 3.05) is 13.1 Å². The van der Waals surface area contributed by atoms with Crippen LogP contribution >= 0.6 is 0 Å². The van der Waals surface area contributed by atoms with Crippen molar-refractivity contribution in [2.24, 2.45) is 5.92 Å². The van der Waals surface area contributed by atoms with Crippen molar-refractivity contribution in [3.63, 3.8) is 0 Å². The molecule has 110 valence electrons. The van der Waals surface area contributed by atoms with Gasteiger partial charge in [-0.05, 0) is 37.3 Å².